The molecule has 1 aromatic carbocycles. The second-order valence-electron chi connectivity index (χ2n) is 6.40. The number of rotatable bonds is 3. The minimum Gasteiger partial charge on any atom is -0.486 e. The fourth-order valence-electron chi connectivity index (χ4n) is 2.95. The van der Waals surface area contributed by atoms with Crippen molar-refractivity contribution in [1.82, 2.24) is 4.90 Å². The van der Waals surface area contributed by atoms with E-state index in [1.807, 2.05) is 0 Å². The van der Waals surface area contributed by atoms with Gasteiger partial charge in [-0.1, -0.05) is 11.6 Å². The van der Waals surface area contributed by atoms with Crippen molar-refractivity contribution in [2.75, 3.05) is 38.2 Å². The van der Waals surface area contributed by atoms with Crippen molar-refractivity contribution in [3.05, 3.63) is 17.2 Å². The third kappa shape index (κ3) is 5.12. The third-order valence-electron chi connectivity index (χ3n) is 4.37. The number of piperidine rings is 1. The van der Waals surface area contributed by atoms with Gasteiger partial charge in [0.1, 0.15) is 13.2 Å². The van der Waals surface area contributed by atoms with Gasteiger partial charge in [-0.25, -0.2) is 4.79 Å². The van der Waals surface area contributed by atoms with Crippen LogP contribution in [0.2, 0.25) is 5.02 Å². The highest BCUT2D eigenvalue weighted by atomic mass is 35.5. The minimum atomic E-state index is -4.57. The van der Waals surface area contributed by atoms with Gasteiger partial charge in [-0.3, -0.25) is 4.79 Å². The lowest BCUT2D eigenvalue weighted by Crippen LogP contribution is -2.42. The zero-order valence-corrected chi connectivity index (χ0v) is 15.4. The summed E-state index contributed by atoms with van der Waals surface area (Å²) < 4.78 is 51.5. The first-order valence-corrected chi connectivity index (χ1v) is 8.99. The summed E-state index contributed by atoms with van der Waals surface area (Å²) in [6, 6.07) is 3.14. The molecule has 0 aliphatic carbocycles. The number of ether oxygens (including phenoxy) is 3. The maximum absolute atomic E-state index is 12.5. The molecule has 2 aliphatic heterocycles. The molecule has 28 heavy (non-hydrogen) atoms. The summed E-state index contributed by atoms with van der Waals surface area (Å²) in [5.74, 6) is 0.283. The van der Waals surface area contributed by atoms with E-state index in [0.29, 0.717) is 48.3 Å². The molecule has 2 amide bonds. The first kappa shape index (κ1) is 20.4. The summed E-state index contributed by atoms with van der Waals surface area (Å²) in [5, 5.41) is 3.03. The summed E-state index contributed by atoms with van der Waals surface area (Å²) in [7, 11) is 0. The molecule has 2 heterocycles. The average Bonchev–Trinajstić information content (AvgIpc) is 2.66. The molecule has 0 radical (unpaired) electrons. The van der Waals surface area contributed by atoms with Crippen LogP contribution in [-0.4, -0.2) is 56.0 Å². The molecular formula is C17H18ClF3N2O5. The van der Waals surface area contributed by atoms with E-state index < -0.39 is 24.8 Å². The zero-order chi connectivity index (χ0) is 20.3. The first-order chi connectivity index (χ1) is 13.2. The van der Waals surface area contributed by atoms with Gasteiger partial charge in [-0.15, -0.1) is 0 Å². The smallest absolute Gasteiger partial charge is 0.422 e. The number of hydrogen-bond acceptors (Lipinski definition) is 5. The molecule has 0 aromatic heterocycles. The molecular weight excluding hydrogens is 405 g/mol. The predicted octanol–water partition coefficient (Wildman–Crippen LogP) is 3.46. The lowest BCUT2D eigenvalue weighted by atomic mass is 9.96. The maximum atomic E-state index is 12.5. The van der Waals surface area contributed by atoms with Gasteiger partial charge in [0, 0.05) is 31.1 Å². The molecule has 1 N–H and O–H groups in total. The maximum Gasteiger partial charge on any atom is 0.422 e. The second kappa shape index (κ2) is 8.34. The van der Waals surface area contributed by atoms with Crippen LogP contribution < -0.4 is 14.8 Å². The number of nitrogens with one attached hydrogen (secondary N) is 1. The van der Waals surface area contributed by atoms with Crippen molar-refractivity contribution >= 4 is 29.3 Å². The monoisotopic (exact) mass is 422 g/mol. The Labute approximate surface area is 163 Å². The summed E-state index contributed by atoms with van der Waals surface area (Å²) in [5.41, 5.74) is 0.378. The normalized spacial score (nSPS) is 17.2. The van der Waals surface area contributed by atoms with Crippen molar-refractivity contribution in [3.63, 3.8) is 0 Å². The number of fused-ring (bicyclic) bond motifs is 1. The van der Waals surface area contributed by atoms with Gasteiger partial charge in [0.2, 0.25) is 5.91 Å². The Morgan fingerprint density at radius 3 is 2.39 bits per heavy atom. The van der Waals surface area contributed by atoms with Crippen LogP contribution in [0.3, 0.4) is 0 Å². The first-order valence-electron chi connectivity index (χ1n) is 8.61. The summed E-state index contributed by atoms with van der Waals surface area (Å²) in [6.45, 7) is -0.563. The number of hydrogen-bond donors (Lipinski definition) is 1. The van der Waals surface area contributed by atoms with E-state index >= 15 is 0 Å². The van der Waals surface area contributed by atoms with Crippen molar-refractivity contribution in [2.45, 2.75) is 19.0 Å². The lowest BCUT2D eigenvalue weighted by Gasteiger charge is -2.30. The molecule has 0 atom stereocenters. The highest BCUT2D eigenvalue weighted by molar-refractivity contribution is 6.34. The van der Waals surface area contributed by atoms with E-state index in [1.54, 1.807) is 12.1 Å². The van der Waals surface area contributed by atoms with E-state index in [4.69, 9.17) is 21.1 Å². The average molecular weight is 423 g/mol. The van der Waals surface area contributed by atoms with Gasteiger partial charge < -0.3 is 24.4 Å². The molecule has 3 rings (SSSR count). The number of nitrogens with zero attached hydrogens (tertiary/aromatic N) is 1. The second-order valence-corrected chi connectivity index (χ2v) is 6.80. The largest absolute Gasteiger partial charge is 0.486 e. The minimum absolute atomic E-state index is 0.129. The number of alkyl halides is 3. The Bertz CT molecular complexity index is 751. The molecule has 2 aliphatic rings. The molecule has 1 saturated heterocycles. The zero-order valence-electron chi connectivity index (χ0n) is 14.7. The van der Waals surface area contributed by atoms with Crippen molar-refractivity contribution in [3.8, 4) is 11.5 Å². The van der Waals surface area contributed by atoms with Crippen LogP contribution in [0.4, 0.5) is 23.7 Å². The van der Waals surface area contributed by atoms with Gasteiger partial charge in [0.25, 0.3) is 0 Å². The van der Waals surface area contributed by atoms with E-state index in [-0.39, 0.29) is 19.0 Å². The quantitative estimate of drug-likeness (QED) is 0.807. The third-order valence-corrected chi connectivity index (χ3v) is 4.69. The fourth-order valence-corrected chi connectivity index (χ4v) is 3.15. The van der Waals surface area contributed by atoms with Crippen molar-refractivity contribution < 1.29 is 37.0 Å². The van der Waals surface area contributed by atoms with E-state index in [0.717, 1.165) is 4.90 Å². The topological polar surface area (TPSA) is 77.1 Å². The lowest BCUT2D eigenvalue weighted by molar-refractivity contribution is -0.162. The molecule has 11 heteroatoms. The summed E-state index contributed by atoms with van der Waals surface area (Å²) in [4.78, 5) is 25.3. The van der Waals surface area contributed by atoms with Crippen LogP contribution in [0.5, 0.6) is 11.5 Å². The standard InChI is InChI=1S/C17H18ClF3N2O5/c18-11-7-13-14(27-6-5-26-13)8-12(11)22-15(24)10-1-3-23(4-2-10)16(25)28-9-17(19,20)21/h7-8,10H,1-6,9H2,(H,22,24). The molecule has 0 spiro atoms. The van der Waals surface area contributed by atoms with Gasteiger partial charge in [-0.2, -0.15) is 13.2 Å². The molecule has 1 aromatic rings. The number of amides is 2. The summed E-state index contributed by atoms with van der Waals surface area (Å²) in [6.07, 6.45) is -5.01. The highest BCUT2D eigenvalue weighted by Gasteiger charge is 2.33. The predicted molar refractivity (Wildman–Crippen MR) is 92.8 cm³/mol. The van der Waals surface area contributed by atoms with Crippen LogP contribution in [0, 0.1) is 5.92 Å². The van der Waals surface area contributed by atoms with Crippen LogP contribution in [0.15, 0.2) is 12.1 Å². The Morgan fingerprint density at radius 1 is 1.18 bits per heavy atom. The van der Waals surface area contributed by atoms with Crippen LogP contribution in [0.25, 0.3) is 0 Å². The molecule has 1 fully saturated rings. The van der Waals surface area contributed by atoms with Gasteiger partial charge in [0.05, 0.1) is 10.7 Å². The van der Waals surface area contributed by atoms with Gasteiger partial charge in [0.15, 0.2) is 18.1 Å². The van der Waals surface area contributed by atoms with Crippen LogP contribution in [-0.2, 0) is 9.53 Å². The Kier molecular flexibility index (Phi) is 6.07. The fraction of sp³-hybridized carbons (Fsp3) is 0.529. The Balaban J connectivity index is 1.52. The van der Waals surface area contributed by atoms with Crippen molar-refractivity contribution in [1.29, 1.82) is 0 Å². The van der Waals surface area contributed by atoms with E-state index in [1.165, 1.54) is 0 Å². The van der Waals surface area contributed by atoms with Gasteiger partial charge in [-0.05, 0) is 12.8 Å². The Morgan fingerprint density at radius 2 is 1.79 bits per heavy atom. The van der Waals surface area contributed by atoms with E-state index in [9.17, 15) is 22.8 Å². The number of benzene rings is 1. The molecule has 7 nitrogen and oxygen atoms in total. The number of likely N-dealkylation sites (tertiary alicyclic amines) is 1. The van der Waals surface area contributed by atoms with Crippen molar-refractivity contribution in [2.24, 2.45) is 5.92 Å². The highest BCUT2D eigenvalue weighted by Crippen LogP contribution is 2.38. The molecule has 154 valence electrons. The Hall–Kier alpha value is -2.36. The molecule has 0 unspecified atom stereocenters. The number of carbonyl (C=O) groups is 2. The number of carbonyl (C=O) groups excluding carboxylic acids is 2. The molecule has 0 bridgehead atoms. The number of halogens is 4. The molecule has 0 saturated carbocycles. The summed E-state index contributed by atoms with van der Waals surface area (Å²) >= 11 is 6.17. The number of anilines is 1. The van der Waals surface area contributed by atoms with Crippen LogP contribution in [0.1, 0.15) is 12.8 Å². The van der Waals surface area contributed by atoms with E-state index in [2.05, 4.69) is 10.1 Å². The van der Waals surface area contributed by atoms with Crippen LogP contribution >= 0.6 is 11.6 Å². The van der Waals surface area contributed by atoms with Gasteiger partial charge >= 0.3 is 12.3 Å². The SMILES string of the molecule is O=C(Nc1cc2c(cc1Cl)OCCO2)C1CCN(C(=O)OCC(F)(F)F)CC1.